The lowest BCUT2D eigenvalue weighted by Gasteiger charge is -2.15. The Morgan fingerprint density at radius 2 is 2.20 bits per heavy atom. The largest absolute Gasteiger partial charge is 0.433 e. The molecule has 20 heavy (non-hydrogen) atoms. The van der Waals surface area contributed by atoms with Gasteiger partial charge in [-0.2, -0.15) is 30.0 Å². The third kappa shape index (κ3) is 5.07. The normalized spacial score (nSPS) is 13.3. The van der Waals surface area contributed by atoms with Gasteiger partial charge in [0, 0.05) is 13.1 Å². The Labute approximate surface area is 120 Å². The van der Waals surface area contributed by atoms with Crippen molar-refractivity contribution in [1.29, 1.82) is 0 Å². The molecule has 1 N–H and O–H groups in total. The number of carbonyl (C=O) groups is 1. The van der Waals surface area contributed by atoms with E-state index < -0.39 is 11.9 Å². The van der Waals surface area contributed by atoms with E-state index in [9.17, 15) is 18.0 Å². The van der Waals surface area contributed by atoms with Crippen molar-refractivity contribution in [3.05, 3.63) is 17.5 Å². The summed E-state index contributed by atoms with van der Waals surface area (Å²) in [5, 5.41) is 6.55. The molecular weight excluding hydrogens is 291 g/mol. The second kappa shape index (κ2) is 7.01. The zero-order chi connectivity index (χ0) is 15.3. The summed E-state index contributed by atoms with van der Waals surface area (Å²) in [6, 6.07) is 1.03. The summed E-state index contributed by atoms with van der Waals surface area (Å²) in [5.41, 5.74) is -0.423. The predicted molar refractivity (Wildman–Crippen MR) is 72.5 cm³/mol. The minimum Gasteiger partial charge on any atom is -0.355 e. The van der Waals surface area contributed by atoms with Gasteiger partial charge in [0.05, 0.1) is 11.4 Å². The molecule has 0 fully saturated rings. The highest BCUT2D eigenvalue weighted by molar-refractivity contribution is 7.99. The van der Waals surface area contributed by atoms with Crippen molar-refractivity contribution in [2.24, 2.45) is 5.92 Å². The maximum atomic E-state index is 12.8. The Morgan fingerprint density at radius 1 is 1.55 bits per heavy atom. The number of aryl methyl sites for hydroxylation is 1. The molecule has 4 nitrogen and oxygen atoms in total. The topological polar surface area (TPSA) is 46.9 Å². The SMILES string of the molecule is CSCC(=O)NC[C@@H](C)Cn1nc(C)cc1C(F)(F)F. The first kappa shape index (κ1) is 16.9. The highest BCUT2D eigenvalue weighted by Crippen LogP contribution is 2.30. The number of halogens is 3. The molecule has 0 bridgehead atoms. The molecule has 8 heteroatoms. The molecule has 0 radical (unpaired) electrons. The first-order valence-corrected chi connectivity index (χ1v) is 7.50. The molecule has 0 aliphatic carbocycles. The number of nitrogens with zero attached hydrogens (tertiary/aromatic N) is 2. The summed E-state index contributed by atoms with van der Waals surface area (Å²) in [6.45, 7) is 3.74. The lowest BCUT2D eigenvalue weighted by Crippen LogP contribution is -2.32. The van der Waals surface area contributed by atoms with Crippen LogP contribution in [0.3, 0.4) is 0 Å². The monoisotopic (exact) mass is 309 g/mol. The third-order valence-electron chi connectivity index (χ3n) is 2.60. The number of rotatable bonds is 6. The summed E-state index contributed by atoms with van der Waals surface area (Å²) in [4.78, 5) is 11.3. The van der Waals surface area contributed by atoms with Crippen LogP contribution in [0.4, 0.5) is 13.2 Å². The molecule has 0 saturated carbocycles. The summed E-state index contributed by atoms with van der Waals surface area (Å²) in [7, 11) is 0. The van der Waals surface area contributed by atoms with Gasteiger partial charge >= 0.3 is 6.18 Å². The quantitative estimate of drug-likeness (QED) is 0.877. The molecule has 0 aromatic carbocycles. The van der Waals surface area contributed by atoms with Gasteiger partial charge in [-0.3, -0.25) is 9.48 Å². The molecule has 1 rings (SSSR count). The third-order valence-corrected chi connectivity index (χ3v) is 3.15. The van der Waals surface area contributed by atoms with E-state index in [0.29, 0.717) is 18.0 Å². The van der Waals surface area contributed by atoms with Crippen LogP contribution in [0, 0.1) is 12.8 Å². The molecule has 0 aliphatic rings. The Morgan fingerprint density at radius 3 is 2.75 bits per heavy atom. The molecule has 0 spiro atoms. The summed E-state index contributed by atoms with van der Waals surface area (Å²) >= 11 is 1.40. The molecule has 1 aromatic rings. The van der Waals surface area contributed by atoms with Gasteiger partial charge in [-0.1, -0.05) is 6.92 Å². The van der Waals surface area contributed by atoms with Crippen molar-refractivity contribution >= 4 is 17.7 Å². The number of thioether (sulfide) groups is 1. The molecular formula is C12H18F3N3OS. The molecule has 0 saturated heterocycles. The van der Waals surface area contributed by atoms with Gasteiger partial charge in [-0.05, 0) is 25.2 Å². The second-order valence-corrected chi connectivity index (χ2v) is 5.56. The van der Waals surface area contributed by atoms with Crippen molar-refractivity contribution in [3.8, 4) is 0 Å². The molecule has 1 atom stereocenters. The van der Waals surface area contributed by atoms with E-state index >= 15 is 0 Å². The van der Waals surface area contributed by atoms with Gasteiger partial charge in [0.2, 0.25) is 5.91 Å². The van der Waals surface area contributed by atoms with Crippen molar-refractivity contribution in [2.75, 3.05) is 18.6 Å². The average Bonchev–Trinajstić information content (AvgIpc) is 2.68. The second-order valence-electron chi connectivity index (χ2n) is 4.69. The number of hydrogen-bond donors (Lipinski definition) is 1. The standard InChI is InChI=1S/C12H18F3N3OS/c1-8(5-16-11(19)7-20-3)6-18-10(12(13,14)15)4-9(2)17-18/h4,8H,5-7H2,1-3H3,(H,16,19)/t8-/m1/s1. The van der Waals surface area contributed by atoms with Gasteiger partial charge in [0.25, 0.3) is 0 Å². The van der Waals surface area contributed by atoms with Gasteiger partial charge in [-0.25, -0.2) is 0 Å². The van der Waals surface area contributed by atoms with Gasteiger partial charge < -0.3 is 5.32 Å². The first-order valence-electron chi connectivity index (χ1n) is 6.11. The van der Waals surface area contributed by atoms with E-state index in [4.69, 9.17) is 0 Å². The Kier molecular flexibility index (Phi) is 5.91. The molecule has 0 aliphatic heterocycles. The van der Waals surface area contributed by atoms with E-state index in [0.717, 1.165) is 10.7 Å². The minimum absolute atomic E-state index is 0.113. The number of hydrogen-bond acceptors (Lipinski definition) is 3. The Bertz CT molecular complexity index is 459. The first-order chi connectivity index (χ1) is 9.24. The number of nitrogens with one attached hydrogen (secondary N) is 1. The Hall–Kier alpha value is -1.18. The van der Waals surface area contributed by atoms with Crippen LogP contribution in [0.1, 0.15) is 18.3 Å². The average molecular weight is 309 g/mol. The van der Waals surface area contributed by atoms with Crippen LogP contribution in [0.5, 0.6) is 0 Å². The number of aromatic nitrogens is 2. The van der Waals surface area contributed by atoms with Crippen molar-refractivity contribution in [2.45, 2.75) is 26.6 Å². The van der Waals surface area contributed by atoms with E-state index in [1.165, 1.54) is 18.7 Å². The molecule has 1 heterocycles. The highest BCUT2D eigenvalue weighted by atomic mass is 32.2. The summed E-state index contributed by atoms with van der Waals surface area (Å²) < 4.78 is 39.3. The molecule has 0 unspecified atom stereocenters. The molecule has 1 aromatic heterocycles. The maximum Gasteiger partial charge on any atom is 0.433 e. The van der Waals surface area contributed by atoms with Crippen LogP contribution in [0.15, 0.2) is 6.07 Å². The number of alkyl halides is 3. The highest BCUT2D eigenvalue weighted by Gasteiger charge is 2.35. The van der Waals surface area contributed by atoms with Crippen molar-refractivity contribution in [3.63, 3.8) is 0 Å². The van der Waals surface area contributed by atoms with Gasteiger partial charge in [0.1, 0.15) is 5.69 Å². The zero-order valence-corrected chi connectivity index (χ0v) is 12.4. The van der Waals surface area contributed by atoms with Crippen LogP contribution in [-0.2, 0) is 17.5 Å². The van der Waals surface area contributed by atoms with Crippen LogP contribution >= 0.6 is 11.8 Å². The van der Waals surface area contributed by atoms with Crippen molar-refractivity contribution in [1.82, 2.24) is 15.1 Å². The molecule has 114 valence electrons. The lowest BCUT2D eigenvalue weighted by atomic mass is 10.2. The summed E-state index contributed by atoms with van der Waals surface area (Å²) in [6.07, 6.45) is -2.60. The fourth-order valence-corrected chi connectivity index (χ4v) is 2.11. The minimum atomic E-state index is -4.41. The van der Waals surface area contributed by atoms with E-state index in [2.05, 4.69) is 10.4 Å². The lowest BCUT2D eigenvalue weighted by molar-refractivity contribution is -0.144. The van der Waals surface area contributed by atoms with Crippen LogP contribution in [-0.4, -0.2) is 34.2 Å². The zero-order valence-electron chi connectivity index (χ0n) is 11.6. The van der Waals surface area contributed by atoms with Crippen LogP contribution in [0.2, 0.25) is 0 Å². The maximum absolute atomic E-state index is 12.8. The number of carbonyl (C=O) groups excluding carboxylic acids is 1. The fourth-order valence-electron chi connectivity index (χ4n) is 1.74. The Balaban J connectivity index is 2.62. The fraction of sp³-hybridized carbons (Fsp3) is 0.667. The van der Waals surface area contributed by atoms with Crippen LogP contribution in [0.25, 0.3) is 0 Å². The van der Waals surface area contributed by atoms with Crippen molar-refractivity contribution < 1.29 is 18.0 Å². The molecule has 1 amide bonds. The summed E-state index contributed by atoms with van der Waals surface area (Å²) in [5.74, 6) is 0.0970. The predicted octanol–water partition coefficient (Wildman–Crippen LogP) is 2.33. The van der Waals surface area contributed by atoms with E-state index in [1.54, 1.807) is 6.92 Å². The van der Waals surface area contributed by atoms with Gasteiger partial charge in [-0.15, -0.1) is 0 Å². The smallest absolute Gasteiger partial charge is 0.355 e. The van der Waals surface area contributed by atoms with Crippen LogP contribution < -0.4 is 5.32 Å². The van der Waals surface area contributed by atoms with E-state index in [-0.39, 0.29) is 18.4 Å². The number of amides is 1. The van der Waals surface area contributed by atoms with Gasteiger partial charge in [0.15, 0.2) is 0 Å². The van der Waals surface area contributed by atoms with E-state index in [1.807, 2.05) is 6.26 Å².